The number of amides is 1. The monoisotopic (exact) mass is 367 g/mol. The minimum atomic E-state index is -0.583. The van der Waals surface area contributed by atoms with Crippen LogP contribution >= 0.6 is 0 Å². The highest BCUT2D eigenvalue weighted by Gasteiger charge is 2.20. The summed E-state index contributed by atoms with van der Waals surface area (Å²) < 4.78 is 19.9. The highest BCUT2D eigenvalue weighted by Crippen LogP contribution is 2.17. The van der Waals surface area contributed by atoms with E-state index >= 15 is 0 Å². The zero-order chi connectivity index (χ0) is 19.0. The molecule has 0 aliphatic heterocycles. The first kappa shape index (κ1) is 16.7. The second-order valence-corrected chi connectivity index (χ2v) is 5.81. The normalized spacial score (nSPS) is 11.0. The Kier molecular flexibility index (Phi) is 4.03. The van der Waals surface area contributed by atoms with Gasteiger partial charge < -0.3 is 15.0 Å². The number of H-pyrrole nitrogens is 1. The number of aromatic amines is 1. The van der Waals surface area contributed by atoms with Gasteiger partial charge in [0.2, 0.25) is 0 Å². The molecule has 4 rings (SSSR count). The molecule has 1 amide bonds. The number of carbonyl (C=O) groups excluding carboxylic acids is 1. The van der Waals surface area contributed by atoms with Crippen LogP contribution in [0.3, 0.4) is 0 Å². The predicted molar refractivity (Wildman–Crippen MR) is 95.2 cm³/mol. The number of hydrogen-bond acceptors (Lipinski definition) is 5. The Balaban J connectivity index is 1.70. The van der Waals surface area contributed by atoms with E-state index in [0.29, 0.717) is 11.3 Å². The van der Waals surface area contributed by atoms with Gasteiger partial charge in [0.15, 0.2) is 11.2 Å². The molecule has 0 spiro atoms. The van der Waals surface area contributed by atoms with E-state index in [9.17, 15) is 14.0 Å². The van der Waals surface area contributed by atoms with Gasteiger partial charge in [-0.05, 0) is 24.3 Å². The van der Waals surface area contributed by atoms with Crippen LogP contribution in [0, 0.1) is 5.82 Å². The topological polar surface area (TPSA) is 101 Å². The van der Waals surface area contributed by atoms with Crippen molar-refractivity contribution in [3.05, 3.63) is 69.9 Å². The summed E-state index contributed by atoms with van der Waals surface area (Å²) >= 11 is 0. The maximum absolute atomic E-state index is 13.4. The summed E-state index contributed by atoms with van der Waals surface area (Å²) in [5.41, 5.74) is 0.768. The van der Waals surface area contributed by atoms with E-state index in [0.717, 1.165) is 5.56 Å². The molecule has 0 saturated heterocycles. The van der Waals surface area contributed by atoms with E-state index in [-0.39, 0.29) is 23.3 Å². The highest BCUT2D eigenvalue weighted by molar-refractivity contribution is 5.99. The van der Waals surface area contributed by atoms with Gasteiger partial charge >= 0.3 is 0 Å². The van der Waals surface area contributed by atoms with Gasteiger partial charge in [-0.2, -0.15) is 0 Å². The Morgan fingerprint density at radius 2 is 2.11 bits per heavy atom. The Morgan fingerprint density at radius 1 is 1.30 bits per heavy atom. The molecule has 0 fully saturated rings. The zero-order valence-corrected chi connectivity index (χ0v) is 14.2. The molecular formula is C18H14FN5O3. The van der Waals surface area contributed by atoms with Gasteiger partial charge in [0.05, 0.1) is 18.1 Å². The molecule has 27 heavy (non-hydrogen) atoms. The lowest BCUT2D eigenvalue weighted by Gasteiger charge is -2.08. The second kappa shape index (κ2) is 6.52. The van der Waals surface area contributed by atoms with Crippen LogP contribution in [0.25, 0.3) is 16.6 Å². The molecule has 8 nitrogen and oxygen atoms in total. The maximum Gasteiger partial charge on any atom is 0.277 e. The van der Waals surface area contributed by atoms with Crippen LogP contribution in [0.5, 0.6) is 5.75 Å². The lowest BCUT2D eigenvalue weighted by molar-refractivity contribution is 0.0947. The minimum Gasteiger partial charge on any atom is -0.496 e. The highest BCUT2D eigenvalue weighted by atomic mass is 19.1. The molecule has 136 valence electrons. The summed E-state index contributed by atoms with van der Waals surface area (Å²) in [5, 5.41) is 10.4. The van der Waals surface area contributed by atoms with Gasteiger partial charge in [0, 0.05) is 12.1 Å². The Labute approximate surface area is 151 Å². The summed E-state index contributed by atoms with van der Waals surface area (Å²) in [7, 11) is 1.54. The number of benzene rings is 2. The van der Waals surface area contributed by atoms with Crippen LogP contribution in [-0.2, 0) is 6.54 Å². The minimum absolute atomic E-state index is 0.00775. The number of fused-ring (bicyclic) bond motifs is 3. The summed E-state index contributed by atoms with van der Waals surface area (Å²) in [5.74, 6) is -0.410. The van der Waals surface area contributed by atoms with Crippen molar-refractivity contribution in [2.24, 2.45) is 0 Å². The number of para-hydroxylation sites is 1. The summed E-state index contributed by atoms with van der Waals surface area (Å²) in [4.78, 5) is 27.5. The van der Waals surface area contributed by atoms with Gasteiger partial charge in [0.25, 0.3) is 11.5 Å². The number of halogens is 1. The standard InChI is InChI=1S/C18H14FN5O3/c1-27-14-5-3-2-4-10(14)9-20-17(25)15-16-18(26)21-12-8-11(19)6-7-13(12)24(16)23-22-15/h2-8H,9H2,1H3,(H,20,25)(H,21,26). The number of rotatable bonds is 4. The molecule has 2 heterocycles. The van der Waals surface area contributed by atoms with Crippen LogP contribution in [0.15, 0.2) is 47.3 Å². The molecule has 2 aromatic carbocycles. The first-order valence-electron chi connectivity index (χ1n) is 8.05. The fourth-order valence-electron chi connectivity index (χ4n) is 2.89. The molecule has 4 aromatic rings. The second-order valence-electron chi connectivity index (χ2n) is 5.81. The van der Waals surface area contributed by atoms with Crippen molar-refractivity contribution in [2.75, 3.05) is 7.11 Å². The summed E-state index contributed by atoms with van der Waals surface area (Å²) in [6, 6.07) is 11.1. The van der Waals surface area contributed by atoms with Crippen molar-refractivity contribution in [1.82, 2.24) is 25.1 Å². The van der Waals surface area contributed by atoms with Crippen molar-refractivity contribution in [3.63, 3.8) is 0 Å². The fourth-order valence-corrected chi connectivity index (χ4v) is 2.89. The van der Waals surface area contributed by atoms with Crippen LogP contribution in [-0.4, -0.2) is 32.8 Å². The van der Waals surface area contributed by atoms with Gasteiger partial charge in [0.1, 0.15) is 11.6 Å². The molecule has 0 saturated carbocycles. The molecule has 0 aliphatic carbocycles. The van der Waals surface area contributed by atoms with Gasteiger partial charge in [-0.25, -0.2) is 8.91 Å². The Bertz CT molecular complexity index is 1230. The van der Waals surface area contributed by atoms with Gasteiger partial charge in [-0.15, -0.1) is 5.10 Å². The van der Waals surface area contributed by atoms with E-state index in [1.54, 1.807) is 13.2 Å². The third-order valence-electron chi connectivity index (χ3n) is 4.17. The van der Waals surface area contributed by atoms with E-state index in [2.05, 4.69) is 20.6 Å². The third-order valence-corrected chi connectivity index (χ3v) is 4.17. The average molecular weight is 367 g/mol. The fraction of sp³-hybridized carbons (Fsp3) is 0.111. The van der Waals surface area contributed by atoms with E-state index < -0.39 is 17.3 Å². The molecule has 2 N–H and O–H groups in total. The summed E-state index contributed by atoms with van der Waals surface area (Å²) in [6.07, 6.45) is 0. The van der Waals surface area contributed by atoms with Crippen molar-refractivity contribution in [3.8, 4) is 5.75 Å². The van der Waals surface area contributed by atoms with Crippen molar-refractivity contribution in [2.45, 2.75) is 6.54 Å². The number of nitrogens with one attached hydrogen (secondary N) is 2. The van der Waals surface area contributed by atoms with Crippen LogP contribution in [0.1, 0.15) is 16.1 Å². The lowest BCUT2D eigenvalue weighted by Crippen LogP contribution is -2.25. The van der Waals surface area contributed by atoms with Gasteiger partial charge in [-0.3, -0.25) is 9.59 Å². The van der Waals surface area contributed by atoms with Crippen molar-refractivity contribution in [1.29, 1.82) is 0 Å². The average Bonchev–Trinajstić information content (AvgIpc) is 3.12. The number of hydrogen-bond donors (Lipinski definition) is 2. The number of ether oxygens (including phenoxy) is 1. The van der Waals surface area contributed by atoms with Crippen LogP contribution < -0.4 is 15.6 Å². The predicted octanol–water partition coefficient (Wildman–Crippen LogP) is 1.65. The number of aromatic nitrogens is 4. The Morgan fingerprint density at radius 3 is 2.93 bits per heavy atom. The molecule has 9 heteroatoms. The van der Waals surface area contributed by atoms with Crippen LogP contribution in [0.4, 0.5) is 4.39 Å². The van der Waals surface area contributed by atoms with Gasteiger partial charge in [-0.1, -0.05) is 23.4 Å². The lowest BCUT2D eigenvalue weighted by atomic mass is 10.2. The molecule has 0 aliphatic rings. The van der Waals surface area contributed by atoms with Crippen molar-refractivity contribution < 1.29 is 13.9 Å². The van der Waals surface area contributed by atoms with Crippen molar-refractivity contribution >= 4 is 22.5 Å². The molecule has 2 aromatic heterocycles. The quantitative estimate of drug-likeness (QED) is 0.571. The number of carbonyl (C=O) groups is 1. The maximum atomic E-state index is 13.4. The van der Waals surface area contributed by atoms with E-state index in [1.807, 2.05) is 18.2 Å². The van der Waals surface area contributed by atoms with Crippen LogP contribution in [0.2, 0.25) is 0 Å². The first-order valence-corrected chi connectivity index (χ1v) is 8.05. The number of methoxy groups -OCH3 is 1. The number of nitrogens with zero attached hydrogens (tertiary/aromatic N) is 3. The SMILES string of the molecule is COc1ccccc1CNC(=O)c1nnn2c1c(=O)[nH]c1cc(F)ccc12. The third kappa shape index (κ3) is 2.88. The molecule has 0 atom stereocenters. The van der Waals surface area contributed by atoms with E-state index in [1.165, 1.54) is 22.7 Å². The Hall–Kier alpha value is -3.75. The molecule has 0 radical (unpaired) electrons. The largest absolute Gasteiger partial charge is 0.496 e. The smallest absolute Gasteiger partial charge is 0.277 e. The molecular weight excluding hydrogens is 353 g/mol. The summed E-state index contributed by atoms with van der Waals surface area (Å²) in [6.45, 7) is 0.193. The molecule has 0 bridgehead atoms. The van der Waals surface area contributed by atoms with E-state index in [4.69, 9.17) is 4.74 Å². The first-order chi connectivity index (χ1) is 13.1. The molecule has 0 unspecified atom stereocenters. The zero-order valence-electron chi connectivity index (χ0n) is 14.2.